The molecule has 2 rings (SSSR count). The van der Waals surface area contributed by atoms with E-state index in [-0.39, 0.29) is 11.6 Å². The van der Waals surface area contributed by atoms with Gasteiger partial charge in [0.15, 0.2) is 11.5 Å². The topological polar surface area (TPSA) is 39.7 Å². The van der Waals surface area contributed by atoms with Gasteiger partial charge in [0.05, 0.1) is 20.3 Å². The molecule has 1 aromatic rings. The molecule has 1 unspecified atom stereocenters. The lowest BCUT2D eigenvalue weighted by molar-refractivity contribution is 0.00153. The molecule has 1 heterocycles. The molecule has 0 spiro atoms. The largest absolute Gasteiger partial charge is 0.493 e. The first-order valence-corrected chi connectivity index (χ1v) is 6.69. The van der Waals surface area contributed by atoms with Crippen molar-refractivity contribution < 1.29 is 14.3 Å². The summed E-state index contributed by atoms with van der Waals surface area (Å²) in [4.78, 5) is 5.13. The molecule has 0 bridgehead atoms. The van der Waals surface area contributed by atoms with Crippen molar-refractivity contribution in [3.8, 4) is 11.5 Å². The van der Waals surface area contributed by atoms with E-state index in [1.165, 1.54) is 5.56 Å². The first-order valence-electron chi connectivity index (χ1n) is 6.69. The lowest BCUT2D eigenvalue weighted by Gasteiger charge is -2.38. The maximum Gasteiger partial charge on any atom is 0.166 e. The predicted molar refractivity (Wildman–Crippen MR) is 74.6 cm³/mol. The average molecular weight is 265 g/mol. The molecule has 0 fully saturated rings. The fourth-order valence-corrected chi connectivity index (χ4v) is 2.57. The van der Waals surface area contributed by atoms with Gasteiger partial charge in [-0.25, -0.2) is 0 Å². The Morgan fingerprint density at radius 3 is 2.68 bits per heavy atom. The standard InChI is InChI=1S/C15H23NO3/c1-6-10-7-11-12(16-18-5)9-15(2,3)19-14(11)13(8-10)17-4/h7-8,12,16H,6,9H2,1-5H3. The van der Waals surface area contributed by atoms with E-state index < -0.39 is 0 Å². The van der Waals surface area contributed by atoms with Gasteiger partial charge in [-0.15, -0.1) is 0 Å². The number of methoxy groups -OCH3 is 1. The van der Waals surface area contributed by atoms with Crippen LogP contribution >= 0.6 is 0 Å². The van der Waals surface area contributed by atoms with Gasteiger partial charge in [-0.05, 0) is 31.9 Å². The van der Waals surface area contributed by atoms with E-state index in [9.17, 15) is 0 Å². The highest BCUT2D eigenvalue weighted by Crippen LogP contribution is 2.45. The maximum atomic E-state index is 6.10. The van der Waals surface area contributed by atoms with Crippen molar-refractivity contribution in [2.24, 2.45) is 0 Å². The third kappa shape index (κ3) is 2.85. The van der Waals surface area contributed by atoms with Gasteiger partial charge in [-0.2, -0.15) is 5.48 Å². The highest BCUT2D eigenvalue weighted by atomic mass is 16.6. The van der Waals surface area contributed by atoms with Gasteiger partial charge in [0.2, 0.25) is 0 Å². The Hall–Kier alpha value is -1.26. The van der Waals surface area contributed by atoms with Crippen LogP contribution in [0.3, 0.4) is 0 Å². The van der Waals surface area contributed by atoms with E-state index in [0.717, 1.165) is 29.9 Å². The molecule has 1 atom stereocenters. The second kappa shape index (κ2) is 5.39. The van der Waals surface area contributed by atoms with Gasteiger partial charge >= 0.3 is 0 Å². The lowest BCUT2D eigenvalue weighted by atomic mass is 9.88. The second-order valence-electron chi connectivity index (χ2n) is 5.51. The smallest absolute Gasteiger partial charge is 0.166 e. The number of benzene rings is 1. The Bertz CT molecular complexity index is 457. The molecule has 106 valence electrons. The Labute approximate surface area is 115 Å². The fourth-order valence-electron chi connectivity index (χ4n) is 2.57. The molecule has 4 nitrogen and oxygen atoms in total. The molecule has 1 aromatic carbocycles. The number of fused-ring (bicyclic) bond motifs is 1. The van der Waals surface area contributed by atoms with Crippen LogP contribution in [0.5, 0.6) is 11.5 Å². The van der Waals surface area contributed by atoms with Crippen LogP contribution in [0.25, 0.3) is 0 Å². The summed E-state index contributed by atoms with van der Waals surface area (Å²) in [5.41, 5.74) is 5.16. The van der Waals surface area contributed by atoms with Gasteiger partial charge in [-0.3, -0.25) is 0 Å². The van der Waals surface area contributed by atoms with E-state index in [4.69, 9.17) is 14.3 Å². The molecule has 0 radical (unpaired) electrons. The Balaban J connectivity index is 2.52. The van der Waals surface area contributed by atoms with Crippen molar-refractivity contribution in [3.05, 3.63) is 23.3 Å². The zero-order valence-electron chi connectivity index (χ0n) is 12.4. The first kappa shape index (κ1) is 14.2. The van der Waals surface area contributed by atoms with Crippen LogP contribution in [0.4, 0.5) is 0 Å². The number of hydrogen-bond acceptors (Lipinski definition) is 4. The zero-order chi connectivity index (χ0) is 14.0. The summed E-state index contributed by atoms with van der Waals surface area (Å²) in [6.45, 7) is 6.29. The summed E-state index contributed by atoms with van der Waals surface area (Å²) < 4.78 is 11.6. The van der Waals surface area contributed by atoms with E-state index in [1.54, 1.807) is 14.2 Å². The first-order chi connectivity index (χ1) is 9.00. The van der Waals surface area contributed by atoms with Gasteiger partial charge in [0, 0.05) is 12.0 Å². The third-order valence-electron chi connectivity index (χ3n) is 3.48. The van der Waals surface area contributed by atoms with Crippen LogP contribution in [0.15, 0.2) is 12.1 Å². The van der Waals surface area contributed by atoms with Crippen LogP contribution in [0, 0.1) is 0 Å². The van der Waals surface area contributed by atoms with E-state index in [1.807, 2.05) is 6.07 Å². The summed E-state index contributed by atoms with van der Waals surface area (Å²) in [6.07, 6.45) is 1.82. The molecule has 0 aromatic heterocycles. The van der Waals surface area contributed by atoms with E-state index in [2.05, 4.69) is 32.3 Å². The quantitative estimate of drug-likeness (QED) is 0.850. The van der Waals surface area contributed by atoms with Crippen molar-refractivity contribution in [1.29, 1.82) is 0 Å². The van der Waals surface area contributed by atoms with Crippen molar-refractivity contribution in [2.45, 2.75) is 45.3 Å². The molecule has 0 saturated heterocycles. The van der Waals surface area contributed by atoms with Crippen LogP contribution < -0.4 is 15.0 Å². The summed E-state index contributed by atoms with van der Waals surface area (Å²) in [5, 5.41) is 0. The lowest BCUT2D eigenvalue weighted by Crippen LogP contribution is -2.39. The molecule has 1 aliphatic heterocycles. The Morgan fingerprint density at radius 2 is 2.11 bits per heavy atom. The van der Waals surface area contributed by atoms with Crippen LogP contribution in [-0.4, -0.2) is 19.8 Å². The third-order valence-corrected chi connectivity index (χ3v) is 3.48. The van der Waals surface area contributed by atoms with Gasteiger partial charge in [-0.1, -0.05) is 13.0 Å². The minimum Gasteiger partial charge on any atom is -0.493 e. The predicted octanol–water partition coefficient (Wildman–Crippen LogP) is 3.01. The van der Waals surface area contributed by atoms with Gasteiger partial charge in [0.25, 0.3) is 0 Å². The zero-order valence-corrected chi connectivity index (χ0v) is 12.4. The number of hydroxylamine groups is 1. The van der Waals surface area contributed by atoms with Crippen LogP contribution in [0.1, 0.15) is 44.4 Å². The second-order valence-corrected chi connectivity index (χ2v) is 5.51. The van der Waals surface area contributed by atoms with Crippen molar-refractivity contribution >= 4 is 0 Å². The molecule has 1 aliphatic rings. The summed E-state index contributed by atoms with van der Waals surface area (Å²) in [6, 6.07) is 4.33. The average Bonchev–Trinajstić information content (AvgIpc) is 2.37. The Kier molecular flexibility index (Phi) is 4.02. The highest BCUT2D eigenvalue weighted by molar-refractivity contribution is 5.52. The number of nitrogens with one attached hydrogen (secondary N) is 1. The summed E-state index contributed by atoms with van der Waals surface area (Å²) in [7, 11) is 3.32. The fraction of sp³-hybridized carbons (Fsp3) is 0.600. The molecule has 19 heavy (non-hydrogen) atoms. The van der Waals surface area contributed by atoms with Crippen molar-refractivity contribution in [2.75, 3.05) is 14.2 Å². The molecular formula is C15H23NO3. The van der Waals surface area contributed by atoms with Crippen molar-refractivity contribution in [3.63, 3.8) is 0 Å². The molecule has 0 saturated carbocycles. The molecule has 4 heteroatoms. The number of rotatable bonds is 4. The van der Waals surface area contributed by atoms with Crippen LogP contribution in [-0.2, 0) is 11.3 Å². The minimum atomic E-state index is -0.246. The normalized spacial score (nSPS) is 20.6. The molecular weight excluding hydrogens is 242 g/mol. The molecule has 1 N–H and O–H groups in total. The monoisotopic (exact) mass is 265 g/mol. The SMILES string of the molecule is CCc1cc(OC)c2c(c1)C(NOC)CC(C)(C)O2. The van der Waals surface area contributed by atoms with E-state index >= 15 is 0 Å². The molecule has 0 amide bonds. The highest BCUT2D eigenvalue weighted by Gasteiger charge is 2.36. The number of ether oxygens (including phenoxy) is 2. The molecule has 0 aliphatic carbocycles. The Morgan fingerprint density at radius 1 is 1.37 bits per heavy atom. The van der Waals surface area contributed by atoms with Gasteiger partial charge < -0.3 is 14.3 Å². The van der Waals surface area contributed by atoms with Gasteiger partial charge in [0.1, 0.15) is 5.60 Å². The summed E-state index contributed by atoms with van der Waals surface area (Å²) in [5.74, 6) is 1.62. The minimum absolute atomic E-state index is 0.115. The maximum absolute atomic E-state index is 6.10. The van der Waals surface area contributed by atoms with Crippen LogP contribution in [0.2, 0.25) is 0 Å². The van der Waals surface area contributed by atoms with E-state index in [0.29, 0.717) is 0 Å². The number of aryl methyl sites for hydroxylation is 1. The number of hydrogen-bond donors (Lipinski definition) is 1. The summed E-state index contributed by atoms with van der Waals surface area (Å²) >= 11 is 0. The van der Waals surface area contributed by atoms with Crippen molar-refractivity contribution in [1.82, 2.24) is 5.48 Å².